The number of rotatable bonds is 9. The van der Waals surface area contributed by atoms with Crippen molar-refractivity contribution in [3.8, 4) is 0 Å². The maximum absolute atomic E-state index is 12.0. The summed E-state index contributed by atoms with van der Waals surface area (Å²) in [4.78, 5) is 34.0. The second-order valence-electron chi connectivity index (χ2n) is 5.57. The maximum Gasteiger partial charge on any atom is 0.397 e. The number of esters is 1. The van der Waals surface area contributed by atoms with Crippen molar-refractivity contribution in [1.29, 1.82) is 0 Å². The third-order valence-electron chi connectivity index (χ3n) is 3.46. The van der Waals surface area contributed by atoms with Gasteiger partial charge in [-0.2, -0.15) is 0 Å². The number of carbonyl (C=O) groups excluding carboxylic acids is 3. The molecule has 0 fully saturated rings. The highest BCUT2D eigenvalue weighted by Crippen LogP contribution is 2.06. The van der Waals surface area contributed by atoms with E-state index in [2.05, 4.69) is 5.32 Å². The van der Waals surface area contributed by atoms with E-state index in [1.165, 1.54) is 0 Å². The van der Waals surface area contributed by atoms with E-state index >= 15 is 0 Å². The maximum atomic E-state index is 12.0. The van der Waals surface area contributed by atoms with E-state index in [1.54, 1.807) is 13.8 Å². The number of hydrogen-bond acceptors (Lipinski definition) is 4. The van der Waals surface area contributed by atoms with Crippen LogP contribution in [-0.2, 0) is 20.9 Å². The molecule has 0 aromatic heterocycles. The van der Waals surface area contributed by atoms with Crippen LogP contribution in [0.25, 0.3) is 0 Å². The molecule has 2 N–H and O–H groups in total. The van der Waals surface area contributed by atoms with Gasteiger partial charge < -0.3 is 15.4 Å². The summed E-state index contributed by atoms with van der Waals surface area (Å²) in [7, 11) is 0. The molecule has 0 heterocycles. The van der Waals surface area contributed by atoms with Crippen molar-refractivity contribution in [2.45, 2.75) is 39.3 Å². The van der Waals surface area contributed by atoms with Gasteiger partial charge in [-0.1, -0.05) is 37.3 Å². The van der Waals surface area contributed by atoms with E-state index in [-0.39, 0.29) is 25.0 Å². The largest absolute Gasteiger partial charge is 0.459 e. The molecule has 0 radical (unpaired) electrons. The van der Waals surface area contributed by atoms with E-state index in [4.69, 9.17) is 4.74 Å². The molecule has 0 saturated heterocycles. The highest BCUT2D eigenvalue weighted by Gasteiger charge is 2.20. The van der Waals surface area contributed by atoms with Gasteiger partial charge in [-0.15, -0.1) is 4.39 Å². The van der Waals surface area contributed by atoms with Crippen LogP contribution in [0.5, 0.6) is 0 Å². The molecule has 132 valence electrons. The van der Waals surface area contributed by atoms with Crippen LogP contribution in [0.1, 0.15) is 32.3 Å². The average Bonchev–Trinajstić information content (AvgIpc) is 2.56. The van der Waals surface area contributed by atoms with Crippen LogP contribution in [0.2, 0.25) is 0 Å². The summed E-state index contributed by atoms with van der Waals surface area (Å²) < 4.78 is 17.1. The molecule has 7 heteroatoms. The van der Waals surface area contributed by atoms with Gasteiger partial charge in [-0.25, -0.2) is 9.59 Å². The fourth-order valence-electron chi connectivity index (χ4n) is 1.99. The quantitative estimate of drug-likeness (QED) is 0.313. The molecule has 6 nitrogen and oxygen atoms in total. The van der Waals surface area contributed by atoms with Crippen molar-refractivity contribution < 1.29 is 23.5 Å². The summed E-state index contributed by atoms with van der Waals surface area (Å²) in [5, 5.41) is 4.61. The molecule has 0 saturated carbocycles. The zero-order chi connectivity index (χ0) is 17.9. The molecule has 0 aliphatic heterocycles. The Kier molecular flexibility index (Phi) is 8.46. The van der Waals surface area contributed by atoms with Crippen LogP contribution in [-0.4, -0.2) is 30.6 Å². The lowest BCUT2D eigenvalue weighted by Gasteiger charge is -2.17. The monoisotopic (exact) mass is 338 g/mol. The normalized spacial score (nSPS) is 12.8. The second-order valence-corrected chi connectivity index (χ2v) is 5.57. The lowest BCUT2D eigenvalue weighted by atomic mass is 10.0. The van der Waals surface area contributed by atoms with Crippen molar-refractivity contribution in [3.05, 3.63) is 35.9 Å². The molecule has 0 aliphatic carbocycles. The van der Waals surface area contributed by atoms with Gasteiger partial charge in [-0.3, -0.25) is 4.79 Å². The van der Waals surface area contributed by atoms with Crippen molar-refractivity contribution >= 4 is 18.0 Å². The van der Waals surface area contributed by atoms with Crippen LogP contribution >= 0.6 is 0 Å². The van der Waals surface area contributed by atoms with Gasteiger partial charge in [0.1, 0.15) is 12.6 Å². The first-order chi connectivity index (χ1) is 11.4. The Morgan fingerprint density at radius 2 is 1.83 bits per heavy atom. The number of benzene rings is 1. The summed E-state index contributed by atoms with van der Waals surface area (Å²) in [5.41, 5.74) is 0.868. The average molecular weight is 338 g/mol. The van der Waals surface area contributed by atoms with Gasteiger partial charge in [0.25, 0.3) is 0 Å². The summed E-state index contributed by atoms with van der Waals surface area (Å²) >= 11 is 0. The Morgan fingerprint density at radius 3 is 2.46 bits per heavy atom. The van der Waals surface area contributed by atoms with E-state index in [0.717, 1.165) is 5.56 Å². The molecule has 1 aromatic rings. The Labute approximate surface area is 140 Å². The lowest BCUT2D eigenvalue weighted by molar-refractivity contribution is -0.149. The number of halogens is 1. The second kappa shape index (κ2) is 10.4. The fourth-order valence-corrected chi connectivity index (χ4v) is 1.99. The summed E-state index contributed by atoms with van der Waals surface area (Å²) in [6, 6.07) is 8.50. The van der Waals surface area contributed by atoms with Crippen LogP contribution in [0.15, 0.2) is 30.3 Å². The van der Waals surface area contributed by atoms with Crippen LogP contribution in [0, 0.1) is 5.92 Å². The van der Waals surface area contributed by atoms with Crippen molar-refractivity contribution in [3.63, 3.8) is 0 Å². The van der Waals surface area contributed by atoms with Crippen molar-refractivity contribution in [2.24, 2.45) is 5.92 Å². The van der Waals surface area contributed by atoms with Gasteiger partial charge in [-0.05, 0) is 25.3 Å². The van der Waals surface area contributed by atoms with Gasteiger partial charge in [0.15, 0.2) is 0 Å². The molecule has 1 aromatic carbocycles. The van der Waals surface area contributed by atoms with E-state index in [1.807, 2.05) is 35.6 Å². The Bertz CT molecular complexity index is 551. The molecular formula is C17H23FN2O4. The Morgan fingerprint density at radius 1 is 1.17 bits per heavy atom. The summed E-state index contributed by atoms with van der Waals surface area (Å²) in [6.45, 7) is 3.58. The van der Waals surface area contributed by atoms with E-state index in [9.17, 15) is 18.8 Å². The lowest BCUT2D eigenvalue weighted by Crippen LogP contribution is -2.42. The number of amides is 2. The Hall–Kier alpha value is -2.44. The number of ether oxygens (including phenoxy) is 1. The highest BCUT2D eigenvalue weighted by atomic mass is 19.1. The van der Waals surface area contributed by atoms with Gasteiger partial charge in [0.05, 0.1) is 0 Å². The SMILES string of the molecule is C[C@H](NC(=O)[C@@H](C)CCCNC(=O)F)C(=O)OCc1ccccc1. The van der Waals surface area contributed by atoms with Crippen LogP contribution < -0.4 is 10.6 Å². The Balaban J connectivity index is 2.28. The minimum Gasteiger partial charge on any atom is -0.459 e. The fraction of sp³-hybridized carbons (Fsp3) is 0.471. The topological polar surface area (TPSA) is 84.5 Å². The van der Waals surface area contributed by atoms with Crippen LogP contribution in [0.3, 0.4) is 0 Å². The highest BCUT2D eigenvalue weighted by molar-refractivity contribution is 5.85. The number of hydrogen-bond donors (Lipinski definition) is 2. The van der Waals surface area contributed by atoms with Crippen LogP contribution in [0.4, 0.5) is 9.18 Å². The van der Waals surface area contributed by atoms with E-state index < -0.39 is 18.2 Å². The van der Waals surface area contributed by atoms with Gasteiger partial charge in [0.2, 0.25) is 5.91 Å². The minimum atomic E-state index is -1.58. The third-order valence-corrected chi connectivity index (χ3v) is 3.46. The zero-order valence-corrected chi connectivity index (χ0v) is 13.9. The predicted molar refractivity (Wildman–Crippen MR) is 86.7 cm³/mol. The zero-order valence-electron chi connectivity index (χ0n) is 13.9. The molecule has 0 aliphatic rings. The first-order valence-electron chi connectivity index (χ1n) is 7.84. The molecule has 2 amide bonds. The smallest absolute Gasteiger partial charge is 0.397 e. The van der Waals surface area contributed by atoms with Gasteiger partial charge >= 0.3 is 12.1 Å². The number of carbonyl (C=O) groups is 3. The first kappa shape index (κ1) is 19.6. The molecule has 0 bridgehead atoms. The molecular weight excluding hydrogens is 315 g/mol. The molecule has 2 atom stereocenters. The molecule has 1 rings (SSSR count). The van der Waals surface area contributed by atoms with E-state index in [0.29, 0.717) is 12.8 Å². The third kappa shape index (κ3) is 7.71. The number of nitrogens with one attached hydrogen (secondary N) is 2. The first-order valence-corrected chi connectivity index (χ1v) is 7.84. The van der Waals surface area contributed by atoms with Gasteiger partial charge in [0, 0.05) is 12.5 Å². The molecule has 0 spiro atoms. The molecule has 0 unspecified atom stereocenters. The summed E-state index contributed by atoms with van der Waals surface area (Å²) in [5.74, 6) is -1.15. The standard InChI is InChI=1S/C17H23FN2O4/c1-12(7-6-10-19-17(18)23)15(21)20-13(2)16(22)24-11-14-8-4-3-5-9-14/h3-5,8-9,12-13H,6-7,10-11H2,1-2H3,(H,19,23)(H,20,21)/t12-,13-/m0/s1. The van der Waals surface area contributed by atoms with Crippen molar-refractivity contribution in [1.82, 2.24) is 10.6 Å². The molecule has 24 heavy (non-hydrogen) atoms. The summed E-state index contributed by atoms with van der Waals surface area (Å²) in [6.07, 6.45) is -0.642. The van der Waals surface area contributed by atoms with Crippen molar-refractivity contribution in [2.75, 3.05) is 6.54 Å². The predicted octanol–water partition coefficient (Wildman–Crippen LogP) is 2.33. The minimum absolute atomic E-state index is 0.151.